The normalized spacial score (nSPS) is 9.94. The Bertz CT molecular complexity index is 392. The molecule has 17 heavy (non-hydrogen) atoms. The highest BCUT2D eigenvalue weighted by molar-refractivity contribution is 9.10. The molecule has 92 valence electrons. The van der Waals surface area contributed by atoms with E-state index in [1.165, 1.54) is 0 Å². The van der Waals surface area contributed by atoms with Crippen LogP contribution in [0.1, 0.15) is 29.8 Å². The fraction of sp³-hybridized carbons (Fsp3) is 0.364. The summed E-state index contributed by atoms with van der Waals surface area (Å²) < 4.78 is 0.829. The van der Waals surface area contributed by atoms with Crippen LogP contribution in [0.25, 0.3) is 0 Å². The Balaban J connectivity index is 2.25. The van der Waals surface area contributed by atoms with Gasteiger partial charge in [-0.15, -0.1) is 0 Å². The number of nitrogens with two attached hydrogens (primary N) is 1. The fourth-order valence-electron chi connectivity index (χ4n) is 1.23. The lowest BCUT2D eigenvalue weighted by atomic mass is 10.2. The molecule has 0 saturated carbocycles. The summed E-state index contributed by atoms with van der Waals surface area (Å²) in [7, 11) is 0. The molecular weight excluding hydrogens is 286 g/mol. The van der Waals surface area contributed by atoms with Gasteiger partial charge in [-0.25, -0.2) is 4.98 Å². The van der Waals surface area contributed by atoms with Crippen LogP contribution in [0.5, 0.6) is 0 Å². The minimum absolute atomic E-state index is 0.212. The van der Waals surface area contributed by atoms with Crippen molar-refractivity contribution in [3.8, 4) is 0 Å². The molecular formula is C11H14BrN3O2. The molecule has 0 saturated heterocycles. The lowest BCUT2D eigenvalue weighted by molar-refractivity contribution is -0.118. The largest absolute Gasteiger partial charge is 0.370 e. The maximum atomic E-state index is 11.6. The first-order valence-corrected chi connectivity index (χ1v) is 6.07. The summed E-state index contributed by atoms with van der Waals surface area (Å²) in [5.74, 6) is -0.525. The molecule has 2 amide bonds. The molecule has 0 spiro atoms. The number of nitrogens with one attached hydrogen (secondary N) is 1. The summed E-state index contributed by atoms with van der Waals surface area (Å²) in [6.45, 7) is 0.518. The molecule has 0 atom stereocenters. The Morgan fingerprint density at radius 2 is 2.12 bits per heavy atom. The second-order valence-electron chi connectivity index (χ2n) is 3.54. The topological polar surface area (TPSA) is 85.1 Å². The number of rotatable bonds is 6. The maximum Gasteiger partial charge on any atom is 0.269 e. The first-order valence-electron chi connectivity index (χ1n) is 5.27. The molecule has 5 nitrogen and oxygen atoms in total. The first kappa shape index (κ1) is 13.6. The molecule has 0 unspecified atom stereocenters. The number of nitrogens with zero attached hydrogens (tertiary/aromatic N) is 1. The quantitative estimate of drug-likeness (QED) is 0.775. The van der Waals surface area contributed by atoms with Crippen molar-refractivity contribution in [2.45, 2.75) is 19.3 Å². The molecule has 0 bridgehead atoms. The molecule has 1 heterocycles. The number of carbonyl (C=O) groups is 2. The lowest BCUT2D eigenvalue weighted by Crippen LogP contribution is -2.25. The number of carbonyl (C=O) groups excluding carboxylic acids is 2. The summed E-state index contributed by atoms with van der Waals surface area (Å²) in [5.41, 5.74) is 5.38. The van der Waals surface area contributed by atoms with Gasteiger partial charge in [0, 0.05) is 23.6 Å². The third-order valence-electron chi connectivity index (χ3n) is 2.10. The number of unbranched alkanes of at least 4 members (excludes halogenated alkanes) is 1. The van der Waals surface area contributed by atoms with E-state index < -0.39 is 0 Å². The smallest absolute Gasteiger partial charge is 0.269 e. The van der Waals surface area contributed by atoms with E-state index in [1.807, 2.05) is 0 Å². The van der Waals surface area contributed by atoms with Crippen LogP contribution < -0.4 is 11.1 Å². The number of hydrogen-bond acceptors (Lipinski definition) is 3. The van der Waals surface area contributed by atoms with Gasteiger partial charge in [0.1, 0.15) is 5.69 Å². The van der Waals surface area contributed by atoms with E-state index in [9.17, 15) is 9.59 Å². The standard InChI is InChI=1S/C11H14BrN3O2/c12-8-4-5-9(15-7-8)11(17)14-6-2-1-3-10(13)16/h4-5,7H,1-3,6H2,(H2,13,16)(H,14,17). The van der Waals surface area contributed by atoms with Crippen molar-refractivity contribution in [3.63, 3.8) is 0 Å². The van der Waals surface area contributed by atoms with Gasteiger partial charge in [-0.05, 0) is 40.9 Å². The highest BCUT2D eigenvalue weighted by Gasteiger charge is 2.05. The molecule has 0 aliphatic heterocycles. The zero-order valence-corrected chi connectivity index (χ0v) is 10.9. The van der Waals surface area contributed by atoms with E-state index >= 15 is 0 Å². The van der Waals surface area contributed by atoms with E-state index in [0.717, 1.165) is 10.9 Å². The number of aromatic nitrogens is 1. The van der Waals surface area contributed by atoms with E-state index in [1.54, 1.807) is 18.3 Å². The molecule has 0 aliphatic carbocycles. The number of pyridine rings is 1. The van der Waals surface area contributed by atoms with Crippen molar-refractivity contribution < 1.29 is 9.59 Å². The molecule has 6 heteroatoms. The van der Waals surface area contributed by atoms with Crippen molar-refractivity contribution in [2.75, 3.05) is 6.54 Å². The maximum absolute atomic E-state index is 11.6. The SMILES string of the molecule is NC(=O)CCCCNC(=O)c1ccc(Br)cn1. The summed E-state index contributed by atoms with van der Waals surface area (Å²) >= 11 is 3.24. The Labute approximate surface area is 108 Å². The van der Waals surface area contributed by atoms with Crippen molar-refractivity contribution in [2.24, 2.45) is 5.73 Å². The van der Waals surface area contributed by atoms with Crippen molar-refractivity contribution >= 4 is 27.7 Å². The van der Waals surface area contributed by atoms with Gasteiger partial charge in [-0.1, -0.05) is 0 Å². The van der Waals surface area contributed by atoms with Gasteiger partial charge < -0.3 is 11.1 Å². The van der Waals surface area contributed by atoms with Gasteiger partial charge in [-0.2, -0.15) is 0 Å². The molecule has 0 radical (unpaired) electrons. The molecule has 0 fully saturated rings. The van der Waals surface area contributed by atoms with Gasteiger partial charge in [0.25, 0.3) is 5.91 Å². The fourth-order valence-corrected chi connectivity index (χ4v) is 1.46. The Morgan fingerprint density at radius 1 is 1.35 bits per heavy atom. The summed E-state index contributed by atoms with van der Waals surface area (Å²) in [6.07, 6.45) is 3.34. The first-order chi connectivity index (χ1) is 8.09. The van der Waals surface area contributed by atoms with Crippen LogP contribution in [0.3, 0.4) is 0 Å². The molecule has 1 rings (SSSR count). The zero-order chi connectivity index (χ0) is 12.7. The average Bonchev–Trinajstić information content (AvgIpc) is 2.29. The van der Waals surface area contributed by atoms with E-state index in [4.69, 9.17) is 5.73 Å². The molecule has 0 aliphatic rings. The molecule has 1 aromatic rings. The number of primary amides is 1. The summed E-state index contributed by atoms with van der Waals surface area (Å²) in [6, 6.07) is 3.40. The zero-order valence-electron chi connectivity index (χ0n) is 9.28. The molecule has 3 N–H and O–H groups in total. The van der Waals surface area contributed by atoms with Gasteiger partial charge in [-0.3, -0.25) is 9.59 Å². The van der Waals surface area contributed by atoms with Crippen molar-refractivity contribution in [1.29, 1.82) is 0 Å². The minimum atomic E-state index is -0.314. The van der Waals surface area contributed by atoms with Crippen LogP contribution in [0.4, 0.5) is 0 Å². The van der Waals surface area contributed by atoms with Crippen molar-refractivity contribution in [1.82, 2.24) is 10.3 Å². The minimum Gasteiger partial charge on any atom is -0.370 e. The average molecular weight is 300 g/mol. The predicted octanol–water partition coefficient (Wildman–Crippen LogP) is 1.23. The highest BCUT2D eigenvalue weighted by Crippen LogP contribution is 2.07. The van der Waals surface area contributed by atoms with E-state index in [-0.39, 0.29) is 11.8 Å². The van der Waals surface area contributed by atoms with E-state index in [0.29, 0.717) is 25.1 Å². The monoisotopic (exact) mass is 299 g/mol. The van der Waals surface area contributed by atoms with Crippen molar-refractivity contribution in [3.05, 3.63) is 28.5 Å². The molecule has 1 aromatic heterocycles. The third-order valence-corrected chi connectivity index (χ3v) is 2.56. The number of halogens is 1. The number of hydrogen-bond donors (Lipinski definition) is 2. The van der Waals surface area contributed by atoms with Crippen LogP contribution in [-0.4, -0.2) is 23.3 Å². The lowest BCUT2D eigenvalue weighted by Gasteiger charge is -2.03. The van der Waals surface area contributed by atoms with Crippen LogP contribution in [-0.2, 0) is 4.79 Å². The molecule has 0 aromatic carbocycles. The Hall–Kier alpha value is -1.43. The van der Waals surface area contributed by atoms with Crippen LogP contribution in [0, 0.1) is 0 Å². The second kappa shape index (κ2) is 7.01. The highest BCUT2D eigenvalue weighted by atomic mass is 79.9. The van der Waals surface area contributed by atoms with Gasteiger partial charge in [0.15, 0.2) is 0 Å². The van der Waals surface area contributed by atoms with Crippen LogP contribution in [0.2, 0.25) is 0 Å². The van der Waals surface area contributed by atoms with Gasteiger partial charge in [0.2, 0.25) is 5.91 Å². The third kappa shape index (κ3) is 5.44. The Kier molecular flexibility index (Phi) is 5.62. The Morgan fingerprint density at radius 3 is 2.71 bits per heavy atom. The van der Waals surface area contributed by atoms with Crippen LogP contribution >= 0.6 is 15.9 Å². The second-order valence-corrected chi connectivity index (χ2v) is 4.46. The summed E-state index contributed by atoms with van der Waals surface area (Å²) in [4.78, 5) is 26.0. The summed E-state index contributed by atoms with van der Waals surface area (Å²) in [5, 5.41) is 2.72. The van der Waals surface area contributed by atoms with Crippen LogP contribution in [0.15, 0.2) is 22.8 Å². The van der Waals surface area contributed by atoms with Gasteiger partial charge in [0.05, 0.1) is 0 Å². The number of amides is 2. The predicted molar refractivity (Wildman–Crippen MR) is 67.3 cm³/mol. The van der Waals surface area contributed by atoms with E-state index in [2.05, 4.69) is 26.2 Å². The van der Waals surface area contributed by atoms with Gasteiger partial charge >= 0.3 is 0 Å².